The van der Waals surface area contributed by atoms with Gasteiger partial charge in [-0.15, -0.1) is 0 Å². The summed E-state index contributed by atoms with van der Waals surface area (Å²) in [5.74, 6) is 0. The molecule has 17 heavy (non-hydrogen) atoms. The Bertz CT molecular complexity index is 232. The Kier molecular flexibility index (Phi) is 4.90. The fourth-order valence-corrected chi connectivity index (χ4v) is 4.35. The van der Waals surface area contributed by atoms with E-state index in [1.165, 1.54) is 58.4 Å². The van der Waals surface area contributed by atoms with E-state index in [4.69, 9.17) is 0 Å². The normalized spacial score (nSPS) is 27.4. The van der Waals surface area contributed by atoms with Gasteiger partial charge in [-0.25, -0.2) is 0 Å². The van der Waals surface area contributed by atoms with Crippen LogP contribution in [-0.4, -0.2) is 53.9 Å². The van der Waals surface area contributed by atoms with E-state index in [0.29, 0.717) is 5.41 Å². The van der Waals surface area contributed by atoms with Crippen molar-refractivity contribution in [3.05, 3.63) is 0 Å². The van der Waals surface area contributed by atoms with E-state index < -0.39 is 0 Å². The maximum atomic E-state index is 3.74. The predicted molar refractivity (Wildman–Crippen MR) is 77.8 cm³/mol. The second kappa shape index (κ2) is 6.03. The number of hydrogen-bond donors (Lipinski definition) is 0. The van der Waals surface area contributed by atoms with Crippen LogP contribution in [0.4, 0.5) is 0 Å². The predicted octanol–water partition coefficient (Wildman–Crippen LogP) is 2.97. The Hall–Kier alpha value is 0.400. The molecule has 2 rings (SSSR count). The average Bonchev–Trinajstić information content (AvgIpc) is 2.83. The van der Waals surface area contributed by atoms with Crippen molar-refractivity contribution in [3.63, 3.8) is 0 Å². The molecule has 2 fully saturated rings. The van der Waals surface area contributed by atoms with Gasteiger partial charge in [-0.2, -0.15) is 0 Å². The maximum Gasteiger partial charge on any atom is 0.0224 e. The topological polar surface area (TPSA) is 6.48 Å². The summed E-state index contributed by atoms with van der Waals surface area (Å²) in [6.07, 6.45) is 5.43. The lowest BCUT2D eigenvalue weighted by Crippen LogP contribution is -2.53. The molecular weight excluding hydrogens is 276 g/mol. The van der Waals surface area contributed by atoms with Crippen LogP contribution in [0.3, 0.4) is 0 Å². The van der Waals surface area contributed by atoms with Crippen LogP contribution >= 0.6 is 15.9 Å². The van der Waals surface area contributed by atoms with Crippen molar-refractivity contribution in [3.8, 4) is 0 Å². The van der Waals surface area contributed by atoms with E-state index in [9.17, 15) is 0 Å². The molecule has 0 radical (unpaired) electrons. The highest BCUT2D eigenvalue weighted by Gasteiger charge is 2.34. The molecule has 1 atom stereocenters. The molecule has 0 spiro atoms. The van der Waals surface area contributed by atoms with Gasteiger partial charge in [0.2, 0.25) is 0 Å². The Morgan fingerprint density at radius 3 is 2.59 bits per heavy atom. The van der Waals surface area contributed by atoms with Crippen LogP contribution < -0.4 is 0 Å². The molecule has 0 aromatic rings. The summed E-state index contributed by atoms with van der Waals surface area (Å²) in [6, 6.07) is 0.866. The third kappa shape index (κ3) is 3.05. The van der Waals surface area contributed by atoms with Crippen molar-refractivity contribution in [1.82, 2.24) is 9.80 Å². The molecule has 0 N–H and O–H groups in total. The summed E-state index contributed by atoms with van der Waals surface area (Å²) in [6.45, 7) is 11.2. The van der Waals surface area contributed by atoms with Crippen LogP contribution in [-0.2, 0) is 0 Å². The van der Waals surface area contributed by atoms with Crippen molar-refractivity contribution in [2.75, 3.05) is 38.1 Å². The van der Waals surface area contributed by atoms with Crippen LogP contribution in [0.15, 0.2) is 0 Å². The largest absolute Gasteiger partial charge is 0.300 e. The van der Waals surface area contributed by atoms with Crippen LogP contribution in [0.1, 0.15) is 39.5 Å². The van der Waals surface area contributed by atoms with E-state index in [1.807, 2.05) is 0 Å². The highest BCUT2D eigenvalue weighted by Crippen LogP contribution is 2.31. The molecule has 3 heteroatoms. The lowest BCUT2D eigenvalue weighted by molar-refractivity contribution is 0.0684. The molecule has 2 saturated heterocycles. The van der Waals surface area contributed by atoms with Gasteiger partial charge in [0.1, 0.15) is 0 Å². The molecule has 2 aliphatic rings. The number of piperazine rings is 1. The van der Waals surface area contributed by atoms with Gasteiger partial charge in [-0.1, -0.05) is 29.8 Å². The average molecular weight is 303 g/mol. The molecule has 0 amide bonds. The molecule has 2 aliphatic heterocycles. The first-order chi connectivity index (χ1) is 8.23. The monoisotopic (exact) mass is 302 g/mol. The third-order valence-corrected chi connectivity index (χ3v) is 6.20. The van der Waals surface area contributed by atoms with E-state index in [-0.39, 0.29) is 0 Å². The van der Waals surface area contributed by atoms with Crippen molar-refractivity contribution >= 4 is 15.9 Å². The van der Waals surface area contributed by atoms with Crippen LogP contribution in [0, 0.1) is 5.41 Å². The van der Waals surface area contributed by atoms with Gasteiger partial charge in [0.25, 0.3) is 0 Å². The van der Waals surface area contributed by atoms with Crippen molar-refractivity contribution in [2.45, 2.75) is 45.6 Å². The van der Waals surface area contributed by atoms with Crippen LogP contribution in [0.5, 0.6) is 0 Å². The molecule has 0 saturated carbocycles. The zero-order valence-electron chi connectivity index (χ0n) is 11.4. The Balaban J connectivity index is 1.90. The van der Waals surface area contributed by atoms with Gasteiger partial charge in [-0.3, -0.25) is 9.80 Å². The molecule has 2 heterocycles. The number of nitrogens with zero attached hydrogens (tertiary/aromatic N) is 2. The van der Waals surface area contributed by atoms with Gasteiger partial charge < -0.3 is 0 Å². The minimum absolute atomic E-state index is 0.501. The number of alkyl halides is 1. The first kappa shape index (κ1) is 13.8. The zero-order chi connectivity index (χ0) is 12.3. The number of fused-ring (bicyclic) bond motifs is 1. The summed E-state index contributed by atoms with van der Waals surface area (Å²) in [7, 11) is 0. The second-order valence-electron chi connectivity index (χ2n) is 5.91. The van der Waals surface area contributed by atoms with Gasteiger partial charge >= 0.3 is 0 Å². The lowest BCUT2D eigenvalue weighted by Gasteiger charge is -2.42. The van der Waals surface area contributed by atoms with Crippen molar-refractivity contribution in [2.24, 2.45) is 5.41 Å². The van der Waals surface area contributed by atoms with E-state index >= 15 is 0 Å². The minimum Gasteiger partial charge on any atom is -0.300 e. The molecule has 0 aliphatic carbocycles. The van der Waals surface area contributed by atoms with Crippen LogP contribution in [0.2, 0.25) is 0 Å². The third-order valence-electron chi connectivity index (χ3n) is 5.01. The van der Waals surface area contributed by atoms with E-state index in [1.54, 1.807) is 0 Å². The van der Waals surface area contributed by atoms with Gasteiger partial charge in [-0.05, 0) is 37.6 Å². The number of halogens is 1. The molecule has 0 bridgehead atoms. The Labute approximate surface area is 115 Å². The summed E-state index contributed by atoms with van der Waals surface area (Å²) in [4.78, 5) is 5.42. The summed E-state index contributed by atoms with van der Waals surface area (Å²) >= 11 is 3.74. The molecule has 0 aromatic heterocycles. The minimum atomic E-state index is 0.501. The smallest absolute Gasteiger partial charge is 0.0224 e. The first-order valence-electron chi connectivity index (χ1n) is 7.25. The van der Waals surface area contributed by atoms with E-state index in [2.05, 4.69) is 39.6 Å². The highest BCUT2D eigenvalue weighted by atomic mass is 79.9. The highest BCUT2D eigenvalue weighted by molar-refractivity contribution is 9.09. The summed E-state index contributed by atoms with van der Waals surface area (Å²) in [5.41, 5.74) is 0.501. The SMILES string of the molecule is CCC(CC)(CBr)CN1CCN2CCCC2C1. The lowest BCUT2D eigenvalue weighted by atomic mass is 9.84. The van der Waals surface area contributed by atoms with E-state index in [0.717, 1.165) is 11.4 Å². The fourth-order valence-electron chi connectivity index (χ4n) is 3.38. The molecule has 2 nitrogen and oxygen atoms in total. The van der Waals surface area contributed by atoms with Gasteiger partial charge in [0, 0.05) is 37.6 Å². The summed E-state index contributed by atoms with van der Waals surface area (Å²) in [5, 5.41) is 1.15. The quantitative estimate of drug-likeness (QED) is 0.721. The van der Waals surface area contributed by atoms with Crippen molar-refractivity contribution in [1.29, 1.82) is 0 Å². The molecule has 1 unspecified atom stereocenters. The van der Waals surface area contributed by atoms with Gasteiger partial charge in [0.15, 0.2) is 0 Å². The molecule has 0 aromatic carbocycles. The second-order valence-corrected chi connectivity index (χ2v) is 6.47. The zero-order valence-corrected chi connectivity index (χ0v) is 13.0. The number of rotatable bonds is 5. The standard InChI is InChI=1S/C14H27BrN2/c1-3-14(4-2,11-15)12-16-8-9-17-7-5-6-13(17)10-16/h13H,3-12H2,1-2H3. The Morgan fingerprint density at radius 1 is 1.18 bits per heavy atom. The molecular formula is C14H27BrN2. The maximum absolute atomic E-state index is 3.74. The van der Waals surface area contributed by atoms with Gasteiger partial charge in [0.05, 0.1) is 0 Å². The van der Waals surface area contributed by atoms with Crippen molar-refractivity contribution < 1.29 is 0 Å². The fraction of sp³-hybridized carbons (Fsp3) is 1.00. The Morgan fingerprint density at radius 2 is 1.94 bits per heavy atom. The van der Waals surface area contributed by atoms with Crippen LogP contribution in [0.25, 0.3) is 0 Å². The summed E-state index contributed by atoms with van der Waals surface area (Å²) < 4.78 is 0. The number of hydrogen-bond acceptors (Lipinski definition) is 2. The molecule has 100 valence electrons. The first-order valence-corrected chi connectivity index (χ1v) is 8.37.